The molecule has 2 rings (SSSR count). The summed E-state index contributed by atoms with van der Waals surface area (Å²) in [5, 5.41) is 9.73. The lowest BCUT2D eigenvalue weighted by Gasteiger charge is -2.19. The van der Waals surface area contributed by atoms with Gasteiger partial charge in [0, 0.05) is 4.47 Å². The van der Waals surface area contributed by atoms with Gasteiger partial charge in [0.2, 0.25) is 0 Å². The molecule has 0 aromatic heterocycles. The molecule has 0 fully saturated rings. The van der Waals surface area contributed by atoms with Gasteiger partial charge in [-0.3, -0.25) is 0 Å². The minimum absolute atomic E-state index is 0.121. The monoisotopic (exact) mass is 320 g/mol. The minimum atomic E-state index is 0.121. The molecule has 19 heavy (non-hydrogen) atoms. The quantitative estimate of drug-likeness (QED) is 0.819. The van der Waals surface area contributed by atoms with E-state index in [9.17, 15) is 5.11 Å². The van der Waals surface area contributed by atoms with E-state index >= 15 is 0 Å². The van der Waals surface area contributed by atoms with Crippen LogP contribution >= 0.6 is 15.9 Å². The number of phenols is 1. The lowest BCUT2D eigenvalue weighted by Crippen LogP contribution is -2.10. The van der Waals surface area contributed by atoms with Gasteiger partial charge < -0.3 is 9.84 Å². The van der Waals surface area contributed by atoms with Gasteiger partial charge in [0.25, 0.3) is 0 Å². The summed E-state index contributed by atoms with van der Waals surface area (Å²) < 4.78 is 6.54. The first kappa shape index (κ1) is 13.9. The van der Waals surface area contributed by atoms with E-state index in [1.165, 1.54) is 5.56 Å². The molecule has 0 atom stereocenters. The van der Waals surface area contributed by atoms with E-state index in [0.29, 0.717) is 11.5 Å². The van der Waals surface area contributed by atoms with Crippen molar-refractivity contribution in [1.82, 2.24) is 0 Å². The van der Waals surface area contributed by atoms with Crippen LogP contribution in [0.15, 0.2) is 46.9 Å². The number of benzene rings is 2. The molecule has 0 spiro atoms. The second kappa shape index (κ2) is 5.25. The smallest absolute Gasteiger partial charge is 0.170 e. The summed E-state index contributed by atoms with van der Waals surface area (Å²) in [6.07, 6.45) is 0. The number of hydrogen-bond acceptors (Lipinski definition) is 2. The lowest BCUT2D eigenvalue weighted by atomic mass is 9.87. The van der Waals surface area contributed by atoms with Crippen LogP contribution in [0.25, 0.3) is 0 Å². The van der Waals surface area contributed by atoms with Crippen molar-refractivity contribution in [2.45, 2.75) is 26.2 Å². The van der Waals surface area contributed by atoms with Crippen molar-refractivity contribution in [3.05, 3.63) is 52.5 Å². The first-order valence-corrected chi connectivity index (χ1v) is 6.92. The summed E-state index contributed by atoms with van der Waals surface area (Å²) in [5.74, 6) is 1.28. The number of ether oxygens (including phenoxy) is 1. The Hall–Kier alpha value is -1.48. The van der Waals surface area contributed by atoms with Crippen LogP contribution in [0.3, 0.4) is 0 Å². The molecule has 0 aliphatic carbocycles. The fraction of sp³-hybridized carbons (Fsp3) is 0.250. The number of hydrogen-bond donors (Lipinski definition) is 1. The zero-order valence-corrected chi connectivity index (χ0v) is 12.9. The predicted molar refractivity (Wildman–Crippen MR) is 81.0 cm³/mol. The van der Waals surface area contributed by atoms with Crippen molar-refractivity contribution >= 4 is 15.9 Å². The first-order valence-electron chi connectivity index (χ1n) is 6.13. The molecule has 1 N–H and O–H groups in total. The topological polar surface area (TPSA) is 29.5 Å². The van der Waals surface area contributed by atoms with E-state index in [2.05, 4.69) is 36.7 Å². The van der Waals surface area contributed by atoms with Crippen LogP contribution in [0.2, 0.25) is 0 Å². The summed E-state index contributed by atoms with van der Waals surface area (Å²) in [6, 6.07) is 13.0. The van der Waals surface area contributed by atoms with Gasteiger partial charge in [0.15, 0.2) is 11.5 Å². The maximum absolute atomic E-state index is 9.73. The second-order valence-corrected chi connectivity index (χ2v) is 6.40. The van der Waals surface area contributed by atoms with Crippen LogP contribution in [0, 0.1) is 0 Å². The van der Waals surface area contributed by atoms with Gasteiger partial charge in [-0.15, -0.1) is 0 Å². The number of halogens is 1. The van der Waals surface area contributed by atoms with E-state index < -0.39 is 0 Å². The summed E-state index contributed by atoms with van der Waals surface area (Å²) in [7, 11) is 0. The maximum atomic E-state index is 9.73. The molecule has 0 saturated carbocycles. The van der Waals surface area contributed by atoms with Crippen molar-refractivity contribution in [3.8, 4) is 17.2 Å². The van der Waals surface area contributed by atoms with Crippen molar-refractivity contribution < 1.29 is 9.84 Å². The molecule has 2 aromatic rings. The molecule has 0 heterocycles. The van der Waals surface area contributed by atoms with Gasteiger partial charge >= 0.3 is 0 Å². The predicted octanol–water partition coefficient (Wildman–Crippen LogP) is 5.24. The standard InChI is InChI=1S/C16H17BrO2/c1-16(2,3)11-4-7-13(8-5-11)19-15-10-12(17)6-9-14(15)18/h4-10,18H,1-3H3. The van der Waals surface area contributed by atoms with Gasteiger partial charge in [0.05, 0.1) is 0 Å². The fourth-order valence-corrected chi connectivity index (χ4v) is 2.06. The molecule has 0 unspecified atom stereocenters. The van der Waals surface area contributed by atoms with Crippen molar-refractivity contribution in [1.29, 1.82) is 0 Å². The number of aromatic hydroxyl groups is 1. The lowest BCUT2D eigenvalue weighted by molar-refractivity contribution is 0.410. The highest BCUT2D eigenvalue weighted by atomic mass is 79.9. The molecule has 100 valence electrons. The highest BCUT2D eigenvalue weighted by Crippen LogP contribution is 2.34. The average Bonchev–Trinajstić information content (AvgIpc) is 2.33. The number of rotatable bonds is 2. The molecule has 0 aliphatic heterocycles. The van der Waals surface area contributed by atoms with Gasteiger partial charge in [0.1, 0.15) is 5.75 Å². The highest BCUT2D eigenvalue weighted by Gasteiger charge is 2.13. The Morgan fingerprint density at radius 2 is 1.63 bits per heavy atom. The third kappa shape index (κ3) is 3.51. The molecule has 2 aromatic carbocycles. The maximum Gasteiger partial charge on any atom is 0.170 e. The van der Waals surface area contributed by atoms with E-state index in [-0.39, 0.29) is 11.2 Å². The largest absolute Gasteiger partial charge is 0.504 e. The van der Waals surface area contributed by atoms with Gasteiger partial charge in [-0.2, -0.15) is 0 Å². The minimum Gasteiger partial charge on any atom is -0.504 e. The van der Waals surface area contributed by atoms with E-state index in [4.69, 9.17) is 4.74 Å². The Labute approximate surface area is 122 Å². The Balaban J connectivity index is 2.22. The Morgan fingerprint density at radius 3 is 2.21 bits per heavy atom. The molecule has 0 bridgehead atoms. The van der Waals surface area contributed by atoms with Crippen LogP contribution in [0.4, 0.5) is 0 Å². The van der Waals surface area contributed by atoms with E-state index in [0.717, 1.165) is 4.47 Å². The zero-order chi connectivity index (χ0) is 14.0. The van der Waals surface area contributed by atoms with Crippen LogP contribution in [-0.2, 0) is 5.41 Å². The third-order valence-corrected chi connectivity index (χ3v) is 3.36. The Kier molecular flexibility index (Phi) is 3.85. The van der Waals surface area contributed by atoms with Crippen LogP contribution in [0.5, 0.6) is 17.2 Å². The summed E-state index contributed by atoms with van der Waals surface area (Å²) in [5.41, 5.74) is 1.37. The summed E-state index contributed by atoms with van der Waals surface area (Å²) in [4.78, 5) is 0. The van der Waals surface area contributed by atoms with Crippen molar-refractivity contribution in [2.24, 2.45) is 0 Å². The van der Waals surface area contributed by atoms with Gasteiger partial charge in [-0.05, 0) is 41.3 Å². The normalized spacial score (nSPS) is 11.4. The molecule has 0 saturated heterocycles. The van der Waals surface area contributed by atoms with Gasteiger partial charge in [-0.1, -0.05) is 48.8 Å². The van der Waals surface area contributed by atoms with Crippen LogP contribution < -0.4 is 4.74 Å². The average molecular weight is 321 g/mol. The van der Waals surface area contributed by atoms with Crippen LogP contribution in [0.1, 0.15) is 26.3 Å². The fourth-order valence-electron chi connectivity index (χ4n) is 1.72. The SMILES string of the molecule is CC(C)(C)c1ccc(Oc2cc(Br)ccc2O)cc1. The zero-order valence-electron chi connectivity index (χ0n) is 11.3. The Bertz CT molecular complexity index is 568. The molecule has 0 amide bonds. The first-order chi connectivity index (χ1) is 8.86. The summed E-state index contributed by atoms with van der Waals surface area (Å²) >= 11 is 3.36. The van der Waals surface area contributed by atoms with Crippen molar-refractivity contribution in [2.75, 3.05) is 0 Å². The van der Waals surface area contributed by atoms with Crippen LogP contribution in [-0.4, -0.2) is 5.11 Å². The number of phenolic OH excluding ortho intramolecular Hbond substituents is 1. The second-order valence-electron chi connectivity index (χ2n) is 5.49. The van der Waals surface area contributed by atoms with E-state index in [1.807, 2.05) is 24.3 Å². The molecule has 0 radical (unpaired) electrons. The van der Waals surface area contributed by atoms with Gasteiger partial charge in [-0.25, -0.2) is 0 Å². The summed E-state index contributed by atoms with van der Waals surface area (Å²) in [6.45, 7) is 6.51. The Morgan fingerprint density at radius 1 is 1.00 bits per heavy atom. The highest BCUT2D eigenvalue weighted by molar-refractivity contribution is 9.10. The van der Waals surface area contributed by atoms with Crippen molar-refractivity contribution in [3.63, 3.8) is 0 Å². The third-order valence-electron chi connectivity index (χ3n) is 2.87. The molecule has 0 aliphatic rings. The molecule has 2 nitrogen and oxygen atoms in total. The van der Waals surface area contributed by atoms with E-state index in [1.54, 1.807) is 18.2 Å². The molecular formula is C16H17BrO2. The molecular weight excluding hydrogens is 304 g/mol. The molecule has 3 heteroatoms.